The van der Waals surface area contributed by atoms with Gasteiger partial charge in [0.05, 0.1) is 0 Å². The van der Waals surface area contributed by atoms with E-state index in [4.69, 9.17) is 0 Å². The Balaban J connectivity index is 2.49. The average Bonchev–Trinajstić information content (AvgIpc) is 2.61. The second-order valence-electron chi connectivity index (χ2n) is 7.79. The molecule has 0 aliphatic rings. The van der Waals surface area contributed by atoms with Crippen molar-refractivity contribution in [3.63, 3.8) is 0 Å². The van der Waals surface area contributed by atoms with Gasteiger partial charge in [0.15, 0.2) is 22.5 Å². The Kier molecular flexibility index (Phi) is 6.60. The van der Waals surface area contributed by atoms with E-state index in [0.717, 1.165) is 5.56 Å². The average molecular weight is 403 g/mol. The van der Waals surface area contributed by atoms with E-state index in [2.05, 4.69) is 59.2 Å². The van der Waals surface area contributed by atoms with Crippen LogP contribution in [0.3, 0.4) is 0 Å². The number of aryl methyl sites for hydroxylation is 1. The second-order valence-corrected chi connectivity index (χ2v) is 8.19. The van der Waals surface area contributed by atoms with E-state index >= 15 is 0 Å². The fraction of sp³-hybridized carbons (Fsp3) is 0.421. The SMILES string of the molecule is CNC(=O)c1ccc(C)c(Nc2nc(S)nc(N(C)CC(C)(C)C)c2N=O)c1. The van der Waals surface area contributed by atoms with Crippen LogP contribution in [0.25, 0.3) is 0 Å². The van der Waals surface area contributed by atoms with E-state index in [0.29, 0.717) is 23.6 Å². The monoisotopic (exact) mass is 402 g/mol. The van der Waals surface area contributed by atoms with Crippen LogP contribution >= 0.6 is 12.6 Å². The van der Waals surface area contributed by atoms with Gasteiger partial charge >= 0.3 is 0 Å². The summed E-state index contributed by atoms with van der Waals surface area (Å²) in [6.07, 6.45) is 0. The fourth-order valence-corrected chi connectivity index (χ4v) is 3.02. The van der Waals surface area contributed by atoms with E-state index in [1.165, 1.54) is 0 Å². The van der Waals surface area contributed by atoms with Crippen molar-refractivity contribution in [2.24, 2.45) is 10.6 Å². The molecule has 2 rings (SSSR count). The number of anilines is 3. The minimum atomic E-state index is -0.208. The van der Waals surface area contributed by atoms with Gasteiger partial charge in [-0.3, -0.25) is 4.79 Å². The Hall–Kier alpha value is -2.68. The molecule has 1 aromatic heterocycles. The van der Waals surface area contributed by atoms with Crippen LogP contribution in [0.2, 0.25) is 0 Å². The predicted molar refractivity (Wildman–Crippen MR) is 115 cm³/mol. The van der Waals surface area contributed by atoms with Gasteiger partial charge in [-0.2, -0.15) is 0 Å². The first-order chi connectivity index (χ1) is 13.1. The van der Waals surface area contributed by atoms with Crippen molar-refractivity contribution in [2.75, 3.05) is 30.9 Å². The van der Waals surface area contributed by atoms with Gasteiger partial charge in [0.25, 0.3) is 5.91 Å². The molecule has 0 aliphatic heterocycles. The van der Waals surface area contributed by atoms with Crippen LogP contribution in [-0.4, -0.2) is 36.5 Å². The number of aromatic nitrogens is 2. The molecule has 2 N–H and O–H groups in total. The maximum atomic E-state index is 11.9. The summed E-state index contributed by atoms with van der Waals surface area (Å²) in [7, 11) is 3.41. The van der Waals surface area contributed by atoms with Gasteiger partial charge in [0.1, 0.15) is 0 Å². The third-order valence-corrected chi connectivity index (χ3v) is 4.20. The van der Waals surface area contributed by atoms with Crippen molar-refractivity contribution in [3.8, 4) is 0 Å². The van der Waals surface area contributed by atoms with E-state index in [9.17, 15) is 9.70 Å². The minimum Gasteiger partial charge on any atom is -0.357 e. The summed E-state index contributed by atoms with van der Waals surface area (Å²) in [6.45, 7) is 8.82. The molecule has 0 saturated heterocycles. The van der Waals surface area contributed by atoms with Crippen molar-refractivity contribution in [1.82, 2.24) is 15.3 Å². The van der Waals surface area contributed by atoms with Crippen LogP contribution in [-0.2, 0) is 0 Å². The Bertz CT molecular complexity index is 895. The quantitative estimate of drug-likeness (QED) is 0.383. The first kappa shape index (κ1) is 21.6. The van der Waals surface area contributed by atoms with Gasteiger partial charge in [-0.1, -0.05) is 26.8 Å². The largest absolute Gasteiger partial charge is 0.357 e. The summed E-state index contributed by atoms with van der Waals surface area (Å²) in [5, 5.41) is 9.08. The van der Waals surface area contributed by atoms with Crippen LogP contribution in [0.4, 0.5) is 23.0 Å². The molecule has 0 radical (unpaired) electrons. The number of nitrogens with one attached hydrogen (secondary N) is 2. The number of nitroso groups, excluding NO2 is 1. The lowest BCUT2D eigenvalue weighted by Crippen LogP contribution is -2.30. The highest BCUT2D eigenvalue weighted by molar-refractivity contribution is 7.80. The summed E-state index contributed by atoms with van der Waals surface area (Å²) in [4.78, 5) is 34.0. The maximum absolute atomic E-state index is 11.9. The molecule has 2 aromatic rings. The van der Waals surface area contributed by atoms with Crippen molar-refractivity contribution in [2.45, 2.75) is 32.9 Å². The topological polar surface area (TPSA) is 99.6 Å². The van der Waals surface area contributed by atoms with E-state index in [1.54, 1.807) is 19.2 Å². The fourth-order valence-electron chi connectivity index (χ4n) is 2.83. The lowest BCUT2D eigenvalue weighted by molar-refractivity contribution is 0.0963. The molecule has 0 atom stereocenters. The van der Waals surface area contributed by atoms with Gasteiger partial charge in [-0.05, 0) is 35.2 Å². The number of rotatable bonds is 6. The Morgan fingerprint density at radius 2 is 1.96 bits per heavy atom. The third-order valence-electron chi connectivity index (χ3n) is 4.00. The smallest absolute Gasteiger partial charge is 0.251 e. The highest BCUT2D eigenvalue weighted by Gasteiger charge is 2.22. The zero-order valence-corrected chi connectivity index (χ0v) is 17.9. The zero-order chi connectivity index (χ0) is 21.1. The molecule has 0 saturated carbocycles. The van der Waals surface area contributed by atoms with Crippen molar-refractivity contribution < 1.29 is 4.79 Å². The van der Waals surface area contributed by atoms with Gasteiger partial charge in [0.2, 0.25) is 0 Å². The van der Waals surface area contributed by atoms with Crippen LogP contribution in [0, 0.1) is 17.2 Å². The summed E-state index contributed by atoms with van der Waals surface area (Å²) in [5.41, 5.74) is 2.09. The van der Waals surface area contributed by atoms with Crippen molar-refractivity contribution in [1.29, 1.82) is 0 Å². The molecule has 1 amide bonds. The number of thiol groups is 1. The molecule has 150 valence electrons. The summed E-state index contributed by atoms with van der Waals surface area (Å²) >= 11 is 4.28. The van der Waals surface area contributed by atoms with E-state index in [1.807, 2.05) is 24.9 Å². The number of hydrogen-bond donors (Lipinski definition) is 3. The summed E-state index contributed by atoms with van der Waals surface area (Å²) in [6, 6.07) is 5.24. The lowest BCUT2D eigenvalue weighted by Gasteiger charge is -2.28. The van der Waals surface area contributed by atoms with Gasteiger partial charge in [0, 0.05) is 31.9 Å². The Labute approximate surface area is 170 Å². The highest BCUT2D eigenvalue weighted by Crippen LogP contribution is 2.36. The molecule has 8 nitrogen and oxygen atoms in total. The first-order valence-electron chi connectivity index (χ1n) is 8.81. The lowest BCUT2D eigenvalue weighted by atomic mass is 9.96. The molecule has 0 spiro atoms. The number of benzene rings is 1. The highest BCUT2D eigenvalue weighted by atomic mass is 32.1. The molecule has 9 heteroatoms. The zero-order valence-electron chi connectivity index (χ0n) is 17.0. The van der Waals surface area contributed by atoms with Crippen molar-refractivity contribution in [3.05, 3.63) is 34.2 Å². The Morgan fingerprint density at radius 1 is 1.29 bits per heavy atom. The standard InChI is InChI=1S/C19H26N6O2S/c1-11-7-8-12(17(26)20-5)9-13(11)21-15-14(24-27)16(23-18(28)22-15)25(6)10-19(2,3)4/h7-9H,10H2,1-6H3,(H,20,26)(H2,21,22,23,28). The molecule has 0 fully saturated rings. The van der Waals surface area contributed by atoms with Crippen LogP contribution in [0.1, 0.15) is 36.7 Å². The summed E-state index contributed by atoms with van der Waals surface area (Å²) in [5.74, 6) is 0.426. The summed E-state index contributed by atoms with van der Waals surface area (Å²) < 4.78 is 0. The van der Waals surface area contributed by atoms with E-state index < -0.39 is 0 Å². The molecule has 0 unspecified atom stereocenters. The molecular formula is C19H26N6O2S. The molecule has 1 heterocycles. The predicted octanol–water partition coefficient (Wildman–Crippen LogP) is 4.06. The molecule has 0 bridgehead atoms. The van der Waals surface area contributed by atoms with Crippen molar-refractivity contribution >= 4 is 41.5 Å². The van der Waals surface area contributed by atoms with Crippen LogP contribution < -0.4 is 15.5 Å². The molecule has 28 heavy (non-hydrogen) atoms. The minimum absolute atomic E-state index is 0.0113. The molecule has 1 aromatic carbocycles. The van der Waals surface area contributed by atoms with Gasteiger partial charge in [-0.25, -0.2) is 9.97 Å². The third kappa shape index (κ3) is 5.19. The number of nitrogens with zero attached hydrogens (tertiary/aromatic N) is 4. The number of amides is 1. The normalized spacial score (nSPS) is 11.1. The second kappa shape index (κ2) is 8.55. The molecule has 0 aliphatic carbocycles. The molecular weight excluding hydrogens is 376 g/mol. The maximum Gasteiger partial charge on any atom is 0.251 e. The van der Waals surface area contributed by atoms with Gasteiger partial charge < -0.3 is 15.5 Å². The van der Waals surface area contributed by atoms with Crippen LogP contribution in [0.15, 0.2) is 28.5 Å². The first-order valence-corrected chi connectivity index (χ1v) is 9.25. The van der Waals surface area contributed by atoms with Gasteiger partial charge in [-0.15, -0.1) is 17.5 Å². The van der Waals surface area contributed by atoms with Crippen LogP contribution in [0.5, 0.6) is 0 Å². The van der Waals surface area contributed by atoms with E-state index in [-0.39, 0.29) is 28.0 Å². The number of hydrogen-bond acceptors (Lipinski definition) is 8. The number of carbonyl (C=O) groups is 1. The Morgan fingerprint density at radius 3 is 2.54 bits per heavy atom. The number of carbonyl (C=O) groups excluding carboxylic acids is 1.